The highest BCUT2D eigenvalue weighted by Gasteiger charge is 2.77. The van der Waals surface area contributed by atoms with Crippen LogP contribution in [0.25, 0.3) is 0 Å². The van der Waals surface area contributed by atoms with E-state index in [9.17, 15) is 23.9 Å². The SMILES string of the molecule is CCCCC(=O)O[C@]1(C(=O)CCl)[C@H](C)C[C@H]2[C@@H]3CCC4=C(F)C(=O)C=C[C@]4(C)[C@@]3(F)[C@@H](O)C[C@@]21C. The van der Waals surface area contributed by atoms with Crippen molar-refractivity contribution in [1.82, 2.24) is 0 Å². The molecule has 0 bridgehead atoms. The number of ketones is 2. The van der Waals surface area contributed by atoms with Crippen molar-refractivity contribution in [3.05, 3.63) is 23.6 Å². The molecule has 0 spiro atoms. The number of rotatable bonds is 6. The average molecular weight is 513 g/mol. The van der Waals surface area contributed by atoms with E-state index in [1.165, 1.54) is 6.08 Å². The molecule has 0 aromatic carbocycles. The maximum Gasteiger partial charge on any atom is 0.306 e. The van der Waals surface area contributed by atoms with Crippen molar-refractivity contribution in [2.45, 2.75) is 90.0 Å². The Balaban J connectivity index is 1.82. The van der Waals surface area contributed by atoms with Gasteiger partial charge in [-0.3, -0.25) is 14.4 Å². The summed E-state index contributed by atoms with van der Waals surface area (Å²) in [6.07, 6.45) is 3.09. The van der Waals surface area contributed by atoms with Crippen LogP contribution in [0, 0.1) is 28.6 Å². The van der Waals surface area contributed by atoms with Gasteiger partial charge in [-0.15, -0.1) is 11.6 Å². The number of hydrogen-bond donors (Lipinski definition) is 1. The molecular formula is C27H35ClF2O5. The number of carbonyl (C=O) groups is 3. The Hall–Kier alpha value is -1.60. The summed E-state index contributed by atoms with van der Waals surface area (Å²) in [5.74, 6) is -4.59. The van der Waals surface area contributed by atoms with Gasteiger partial charge in [0.15, 0.2) is 22.9 Å². The van der Waals surface area contributed by atoms with E-state index < -0.39 is 69.3 Å². The summed E-state index contributed by atoms with van der Waals surface area (Å²) in [5, 5.41) is 11.5. The van der Waals surface area contributed by atoms with Crippen molar-refractivity contribution in [3.8, 4) is 0 Å². The molecule has 0 heterocycles. The number of fused-ring (bicyclic) bond motifs is 5. The zero-order chi connectivity index (χ0) is 26.0. The average Bonchev–Trinajstić information content (AvgIpc) is 3.03. The molecule has 8 heteroatoms. The number of alkyl halides is 2. The Bertz CT molecular complexity index is 1010. The first-order chi connectivity index (χ1) is 16.3. The molecule has 0 aliphatic heterocycles. The van der Waals surface area contributed by atoms with Crippen LogP contribution in [-0.2, 0) is 19.1 Å². The third-order valence-electron chi connectivity index (χ3n) is 9.82. The zero-order valence-electron chi connectivity index (χ0n) is 20.8. The van der Waals surface area contributed by atoms with Crippen LogP contribution in [0.3, 0.4) is 0 Å². The molecule has 8 atom stereocenters. The second-order valence-electron chi connectivity index (χ2n) is 11.4. The molecule has 3 fully saturated rings. The number of carbonyl (C=O) groups excluding carboxylic acids is 3. The summed E-state index contributed by atoms with van der Waals surface area (Å²) in [7, 11) is 0. The molecular weight excluding hydrogens is 478 g/mol. The highest BCUT2D eigenvalue weighted by atomic mass is 35.5. The van der Waals surface area contributed by atoms with E-state index in [0.29, 0.717) is 12.8 Å². The Morgan fingerprint density at radius 3 is 2.60 bits per heavy atom. The monoisotopic (exact) mass is 512 g/mol. The molecule has 194 valence electrons. The molecule has 5 nitrogen and oxygen atoms in total. The van der Waals surface area contributed by atoms with E-state index in [2.05, 4.69) is 0 Å². The van der Waals surface area contributed by atoms with Gasteiger partial charge in [0.25, 0.3) is 0 Å². The smallest absolute Gasteiger partial charge is 0.306 e. The largest absolute Gasteiger partial charge is 0.450 e. The highest BCUT2D eigenvalue weighted by molar-refractivity contribution is 6.29. The first-order valence-electron chi connectivity index (χ1n) is 12.7. The Kier molecular flexibility index (Phi) is 6.62. The normalized spacial score (nSPS) is 44.5. The third kappa shape index (κ3) is 3.29. The van der Waals surface area contributed by atoms with Crippen LogP contribution in [0.4, 0.5) is 8.78 Å². The standard InChI is InChI=1S/C27H35ClF2O5/c1-5-6-7-22(34)35-27(21(33)14-28)15(2)12-18-16-8-9-17-23(29)19(31)10-11-24(17,3)26(16,30)20(32)13-25(18,27)4/h10-11,15-16,18,20,32H,5-9,12-14H2,1-4H3/t15-,16+,18+,20+,24+,25+,26+,27+/m1/s1. The number of allylic oxidation sites excluding steroid dienone is 4. The third-order valence-corrected chi connectivity index (χ3v) is 10.1. The van der Waals surface area contributed by atoms with Crippen LogP contribution >= 0.6 is 11.6 Å². The minimum absolute atomic E-state index is 0.0894. The van der Waals surface area contributed by atoms with Crippen molar-refractivity contribution in [3.63, 3.8) is 0 Å². The molecule has 0 aromatic heterocycles. The Morgan fingerprint density at radius 1 is 1.29 bits per heavy atom. The number of halogens is 3. The second-order valence-corrected chi connectivity index (χ2v) is 11.6. The zero-order valence-corrected chi connectivity index (χ0v) is 21.6. The van der Waals surface area contributed by atoms with Crippen LogP contribution in [-0.4, -0.2) is 45.9 Å². The summed E-state index contributed by atoms with van der Waals surface area (Å²) >= 11 is 6.05. The van der Waals surface area contributed by atoms with Gasteiger partial charge >= 0.3 is 5.97 Å². The van der Waals surface area contributed by atoms with Crippen LogP contribution in [0.15, 0.2) is 23.6 Å². The van der Waals surface area contributed by atoms with E-state index in [1.807, 2.05) is 13.8 Å². The molecule has 0 aromatic rings. The Morgan fingerprint density at radius 2 is 1.97 bits per heavy atom. The van der Waals surface area contributed by atoms with Gasteiger partial charge in [-0.25, -0.2) is 8.78 Å². The van der Waals surface area contributed by atoms with Gasteiger partial charge in [0.1, 0.15) is 0 Å². The lowest BCUT2D eigenvalue weighted by atomic mass is 9.44. The molecule has 3 saturated carbocycles. The quantitative estimate of drug-likeness (QED) is 0.392. The predicted octanol–water partition coefficient (Wildman–Crippen LogP) is 5.18. The molecule has 0 radical (unpaired) electrons. The number of aliphatic hydroxyl groups excluding tert-OH is 1. The molecule has 4 aliphatic carbocycles. The summed E-state index contributed by atoms with van der Waals surface area (Å²) in [6.45, 7) is 7.12. The van der Waals surface area contributed by atoms with Gasteiger partial charge in [0, 0.05) is 29.1 Å². The predicted molar refractivity (Wildman–Crippen MR) is 127 cm³/mol. The first kappa shape index (κ1) is 26.5. The molecule has 0 unspecified atom stereocenters. The maximum atomic E-state index is 17.3. The highest BCUT2D eigenvalue weighted by Crippen LogP contribution is 2.71. The number of unbranched alkanes of at least 4 members (excludes halogenated alkanes) is 1. The lowest BCUT2D eigenvalue weighted by molar-refractivity contribution is -0.227. The lowest BCUT2D eigenvalue weighted by Gasteiger charge is -2.62. The lowest BCUT2D eigenvalue weighted by Crippen LogP contribution is -2.70. The van der Waals surface area contributed by atoms with Crippen LogP contribution in [0.2, 0.25) is 0 Å². The number of esters is 1. The fourth-order valence-electron chi connectivity index (χ4n) is 8.13. The number of hydrogen-bond acceptors (Lipinski definition) is 5. The topological polar surface area (TPSA) is 80.7 Å². The van der Waals surface area contributed by atoms with E-state index in [-0.39, 0.29) is 37.1 Å². The van der Waals surface area contributed by atoms with Gasteiger partial charge in [-0.1, -0.05) is 33.3 Å². The van der Waals surface area contributed by atoms with Crippen molar-refractivity contribution in [2.75, 3.05) is 5.88 Å². The van der Waals surface area contributed by atoms with Crippen LogP contribution < -0.4 is 0 Å². The van der Waals surface area contributed by atoms with Gasteiger partial charge < -0.3 is 9.84 Å². The Labute approximate surface area is 210 Å². The number of Topliss-reactive ketones (excluding diaryl/α,β-unsaturated/α-hetero) is 1. The van der Waals surface area contributed by atoms with E-state index in [0.717, 1.165) is 12.5 Å². The minimum Gasteiger partial charge on any atom is -0.450 e. The van der Waals surface area contributed by atoms with Crippen LogP contribution in [0.5, 0.6) is 0 Å². The van der Waals surface area contributed by atoms with E-state index in [4.69, 9.17) is 16.3 Å². The number of ether oxygens (including phenoxy) is 1. The summed E-state index contributed by atoms with van der Waals surface area (Å²) in [6, 6.07) is 0. The molecule has 4 rings (SSSR count). The second kappa shape index (κ2) is 8.76. The fraction of sp³-hybridized carbons (Fsp3) is 0.741. The van der Waals surface area contributed by atoms with Crippen molar-refractivity contribution in [1.29, 1.82) is 0 Å². The molecule has 0 amide bonds. The van der Waals surface area contributed by atoms with Crippen LogP contribution in [0.1, 0.15) is 72.6 Å². The maximum absolute atomic E-state index is 17.3. The van der Waals surface area contributed by atoms with Gasteiger partial charge in [0.05, 0.1) is 12.0 Å². The fourth-order valence-corrected chi connectivity index (χ4v) is 8.33. The van der Waals surface area contributed by atoms with Gasteiger partial charge in [-0.2, -0.15) is 0 Å². The summed E-state index contributed by atoms with van der Waals surface area (Å²) in [4.78, 5) is 38.3. The van der Waals surface area contributed by atoms with E-state index in [1.54, 1.807) is 13.8 Å². The minimum atomic E-state index is -2.24. The van der Waals surface area contributed by atoms with Crippen molar-refractivity contribution < 1.29 is 33.0 Å². The van der Waals surface area contributed by atoms with Crippen molar-refractivity contribution >= 4 is 29.1 Å². The first-order valence-corrected chi connectivity index (χ1v) is 13.2. The number of aliphatic hydroxyl groups is 1. The molecule has 1 N–H and O–H groups in total. The van der Waals surface area contributed by atoms with E-state index >= 15 is 4.39 Å². The van der Waals surface area contributed by atoms with Gasteiger partial charge in [0.2, 0.25) is 5.78 Å². The summed E-state index contributed by atoms with van der Waals surface area (Å²) in [5.41, 5.74) is -6.27. The van der Waals surface area contributed by atoms with Gasteiger partial charge in [-0.05, 0) is 56.6 Å². The molecule has 35 heavy (non-hydrogen) atoms. The summed E-state index contributed by atoms with van der Waals surface area (Å²) < 4.78 is 38.2. The van der Waals surface area contributed by atoms with Crippen molar-refractivity contribution in [2.24, 2.45) is 28.6 Å². The molecule has 0 saturated heterocycles. The molecule has 4 aliphatic rings.